The zero-order chi connectivity index (χ0) is 28.8. The summed E-state index contributed by atoms with van der Waals surface area (Å²) in [6, 6.07) is 22.2. The van der Waals surface area contributed by atoms with E-state index in [9.17, 15) is 9.59 Å². The second kappa shape index (κ2) is 13.0. The second-order valence-corrected chi connectivity index (χ2v) is 13.1. The number of carbonyl (C=O) groups excluding carboxylic acids is 2. The maximum Gasteiger partial charge on any atom is 0.261 e. The van der Waals surface area contributed by atoms with E-state index in [-0.39, 0.29) is 30.4 Å². The lowest BCUT2D eigenvalue weighted by molar-refractivity contribution is -0.143. The molecule has 2 amide bonds. The van der Waals surface area contributed by atoms with Crippen LogP contribution in [0.4, 0.5) is 0 Å². The minimum Gasteiger partial charge on any atom is -0.483 e. The zero-order valence-corrected chi connectivity index (χ0v) is 25.9. The number of nitrogens with one attached hydrogen (secondary N) is 1. The molecular formula is C32H38BrClN2O3. The van der Waals surface area contributed by atoms with Gasteiger partial charge in [-0.3, -0.25) is 9.59 Å². The van der Waals surface area contributed by atoms with Gasteiger partial charge < -0.3 is 15.0 Å². The summed E-state index contributed by atoms with van der Waals surface area (Å²) in [6.07, 6.45) is 0.367. The quantitative estimate of drug-likeness (QED) is 0.275. The van der Waals surface area contributed by atoms with Gasteiger partial charge in [-0.05, 0) is 83.1 Å². The number of hydrogen-bond donors (Lipinski definition) is 1. The van der Waals surface area contributed by atoms with Crippen LogP contribution in [0.3, 0.4) is 0 Å². The molecule has 7 heteroatoms. The Balaban J connectivity index is 1.92. The van der Waals surface area contributed by atoms with Gasteiger partial charge in [0, 0.05) is 23.5 Å². The lowest BCUT2D eigenvalue weighted by atomic mass is 9.87. The molecule has 39 heavy (non-hydrogen) atoms. The molecule has 0 saturated carbocycles. The molecule has 0 bridgehead atoms. The van der Waals surface area contributed by atoms with Crippen LogP contribution in [-0.4, -0.2) is 34.9 Å². The molecule has 0 aromatic heterocycles. The third-order valence-electron chi connectivity index (χ3n) is 6.18. The van der Waals surface area contributed by atoms with Crippen LogP contribution in [0.5, 0.6) is 5.75 Å². The predicted molar refractivity (Wildman–Crippen MR) is 162 cm³/mol. The van der Waals surface area contributed by atoms with Crippen molar-refractivity contribution < 1.29 is 14.3 Å². The summed E-state index contributed by atoms with van der Waals surface area (Å²) >= 11 is 9.70. The van der Waals surface area contributed by atoms with E-state index in [0.717, 1.165) is 21.2 Å². The van der Waals surface area contributed by atoms with E-state index in [1.807, 2.05) is 81.4 Å². The van der Waals surface area contributed by atoms with Gasteiger partial charge in [0.1, 0.15) is 11.8 Å². The van der Waals surface area contributed by atoms with Crippen molar-refractivity contribution in [3.8, 4) is 5.75 Å². The molecule has 1 atom stereocenters. The standard InChI is InChI=1S/C32H38BrClN2O3/c1-31(2,3)24-14-17-28(26(33)19-24)39-21-29(37)36(20-23-12-15-25(34)16-13-23)27(30(38)35-32(4,5)6)18-22-10-8-7-9-11-22/h7-17,19,27H,18,20-21H2,1-6H3,(H,35,38). The van der Waals surface area contributed by atoms with Crippen LogP contribution < -0.4 is 10.1 Å². The molecule has 0 aliphatic rings. The minimum absolute atomic E-state index is 0.0165. The van der Waals surface area contributed by atoms with Crippen LogP contribution in [0.2, 0.25) is 5.02 Å². The Morgan fingerprint density at radius 2 is 1.56 bits per heavy atom. The second-order valence-electron chi connectivity index (χ2n) is 11.8. The van der Waals surface area contributed by atoms with Gasteiger partial charge in [-0.25, -0.2) is 0 Å². The van der Waals surface area contributed by atoms with E-state index in [0.29, 0.717) is 17.2 Å². The molecule has 0 aliphatic carbocycles. The molecule has 0 fully saturated rings. The van der Waals surface area contributed by atoms with Crippen LogP contribution >= 0.6 is 27.5 Å². The van der Waals surface area contributed by atoms with Crippen molar-refractivity contribution in [2.75, 3.05) is 6.61 Å². The van der Waals surface area contributed by atoms with Gasteiger partial charge in [-0.2, -0.15) is 0 Å². The smallest absolute Gasteiger partial charge is 0.261 e. The van der Waals surface area contributed by atoms with Crippen LogP contribution in [0.25, 0.3) is 0 Å². The van der Waals surface area contributed by atoms with Crippen molar-refractivity contribution in [2.45, 2.75) is 71.5 Å². The first-order valence-electron chi connectivity index (χ1n) is 13.1. The highest BCUT2D eigenvalue weighted by Crippen LogP contribution is 2.31. The van der Waals surface area contributed by atoms with Crippen LogP contribution in [0, 0.1) is 0 Å². The van der Waals surface area contributed by atoms with E-state index < -0.39 is 11.6 Å². The summed E-state index contributed by atoms with van der Waals surface area (Å²) < 4.78 is 6.77. The number of hydrogen-bond acceptors (Lipinski definition) is 3. The van der Waals surface area contributed by atoms with Crippen molar-refractivity contribution in [3.63, 3.8) is 0 Å². The van der Waals surface area contributed by atoms with E-state index in [4.69, 9.17) is 16.3 Å². The number of benzene rings is 3. The Bertz CT molecular complexity index is 1270. The summed E-state index contributed by atoms with van der Waals surface area (Å²) in [5.74, 6) is 0.0626. The Hall–Kier alpha value is -2.83. The van der Waals surface area contributed by atoms with Gasteiger partial charge in [-0.15, -0.1) is 0 Å². The van der Waals surface area contributed by atoms with Crippen molar-refractivity contribution in [1.82, 2.24) is 10.2 Å². The van der Waals surface area contributed by atoms with Crippen molar-refractivity contribution in [2.24, 2.45) is 0 Å². The van der Waals surface area contributed by atoms with Crippen molar-refractivity contribution >= 4 is 39.3 Å². The topological polar surface area (TPSA) is 58.6 Å². The molecule has 3 rings (SSSR count). The van der Waals surface area contributed by atoms with E-state index in [1.54, 1.807) is 17.0 Å². The molecular weight excluding hydrogens is 576 g/mol. The molecule has 5 nitrogen and oxygen atoms in total. The van der Waals surface area contributed by atoms with E-state index >= 15 is 0 Å². The molecule has 0 heterocycles. The molecule has 1 N–H and O–H groups in total. The van der Waals surface area contributed by atoms with Crippen LogP contribution in [-0.2, 0) is 28.0 Å². The molecule has 0 spiro atoms. The fourth-order valence-electron chi connectivity index (χ4n) is 4.10. The molecule has 208 valence electrons. The summed E-state index contributed by atoms with van der Waals surface area (Å²) in [4.78, 5) is 29.1. The van der Waals surface area contributed by atoms with Crippen molar-refractivity contribution in [1.29, 1.82) is 0 Å². The van der Waals surface area contributed by atoms with Gasteiger partial charge in [0.15, 0.2) is 6.61 Å². The van der Waals surface area contributed by atoms with Gasteiger partial charge in [0.25, 0.3) is 5.91 Å². The number of ether oxygens (including phenoxy) is 1. The summed E-state index contributed by atoms with van der Waals surface area (Å²) in [6.45, 7) is 12.2. The Labute approximate surface area is 246 Å². The Kier molecular flexibility index (Phi) is 10.2. The molecule has 0 radical (unpaired) electrons. The molecule has 1 unspecified atom stereocenters. The number of halogens is 2. The average molecular weight is 614 g/mol. The SMILES string of the molecule is CC(C)(C)NC(=O)C(Cc1ccccc1)N(Cc1ccc(Cl)cc1)C(=O)COc1ccc(C(C)(C)C)cc1Br. The third kappa shape index (κ3) is 9.40. The van der Waals surface area contributed by atoms with Crippen LogP contribution in [0.15, 0.2) is 77.3 Å². The molecule has 3 aromatic rings. The third-order valence-corrected chi connectivity index (χ3v) is 7.06. The highest BCUT2D eigenvalue weighted by atomic mass is 79.9. The highest BCUT2D eigenvalue weighted by molar-refractivity contribution is 9.10. The molecule has 0 aliphatic heterocycles. The Morgan fingerprint density at radius 3 is 2.13 bits per heavy atom. The predicted octanol–water partition coefficient (Wildman–Crippen LogP) is 7.33. The number of nitrogens with zero attached hydrogens (tertiary/aromatic N) is 1. The summed E-state index contributed by atoms with van der Waals surface area (Å²) in [5.41, 5.74) is 2.50. The fraction of sp³-hybridized carbons (Fsp3) is 0.375. The van der Waals surface area contributed by atoms with Crippen LogP contribution in [0.1, 0.15) is 58.2 Å². The largest absolute Gasteiger partial charge is 0.483 e. The number of carbonyl (C=O) groups is 2. The first kappa shape index (κ1) is 30.7. The summed E-state index contributed by atoms with van der Waals surface area (Å²) in [5, 5.41) is 3.68. The highest BCUT2D eigenvalue weighted by Gasteiger charge is 2.32. The lowest BCUT2D eigenvalue weighted by Gasteiger charge is -2.33. The maximum absolute atomic E-state index is 13.8. The van der Waals surface area contributed by atoms with Crippen molar-refractivity contribution in [3.05, 3.63) is 99.0 Å². The monoisotopic (exact) mass is 612 g/mol. The lowest BCUT2D eigenvalue weighted by Crippen LogP contribution is -2.55. The number of amides is 2. The number of rotatable bonds is 9. The zero-order valence-electron chi connectivity index (χ0n) is 23.6. The normalized spacial score (nSPS) is 12.5. The van der Waals surface area contributed by atoms with Gasteiger partial charge in [0.05, 0.1) is 4.47 Å². The van der Waals surface area contributed by atoms with E-state index in [1.165, 1.54) is 0 Å². The first-order valence-corrected chi connectivity index (χ1v) is 14.2. The van der Waals surface area contributed by atoms with E-state index in [2.05, 4.69) is 42.0 Å². The minimum atomic E-state index is -0.745. The first-order chi connectivity index (χ1) is 18.2. The molecule has 0 saturated heterocycles. The Morgan fingerprint density at radius 1 is 0.923 bits per heavy atom. The maximum atomic E-state index is 13.8. The van der Waals surface area contributed by atoms with Gasteiger partial charge >= 0.3 is 0 Å². The molecule has 3 aromatic carbocycles. The van der Waals surface area contributed by atoms with Gasteiger partial charge in [-0.1, -0.05) is 80.9 Å². The van der Waals surface area contributed by atoms with Gasteiger partial charge in [0.2, 0.25) is 5.91 Å². The average Bonchev–Trinajstić information content (AvgIpc) is 2.85. The fourth-order valence-corrected chi connectivity index (χ4v) is 4.72. The summed E-state index contributed by atoms with van der Waals surface area (Å²) in [7, 11) is 0.